The molecule has 0 saturated heterocycles. The molecule has 94 valence electrons. The average Bonchev–Trinajstić information content (AvgIpc) is 2.33. The molecule has 0 heterocycles. The lowest BCUT2D eigenvalue weighted by molar-refractivity contribution is -0.144. The molecular weight excluding hydrogens is 223 g/mol. The first-order valence-electron chi connectivity index (χ1n) is 5.72. The maximum Gasteiger partial charge on any atom is 0.305 e. The van der Waals surface area contributed by atoms with Crippen LogP contribution in [-0.2, 0) is 9.53 Å². The molecule has 0 aliphatic heterocycles. The van der Waals surface area contributed by atoms with Crippen LogP contribution in [0.3, 0.4) is 0 Å². The zero-order valence-electron chi connectivity index (χ0n) is 9.86. The molecule has 1 rings (SSSR count). The van der Waals surface area contributed by atoms with Gasteiger partial charge >= 0.3 is 5.97 Å². The summed E-state index contributed by atoms with van der Waals surface area (Å²) < 4.78 is 17.8. The van der Waals surface area contributed by atoms with Crippen LogP contribution in [0.4, 0.5) is 4.39 Å². The van der Waals surface area contributed by atoms with Crippen molar-refractivity contribution in [3.05, 3.63) is 35.6 Å². The van der Waals surface area contributed by atoms with Crippen LogP contribution < -0.4 is 0 Å². The van der Waals surface area contributed by atoms with Crippen LogP contribution >= 0.6 is 0 Å². The molecule has 0 radical (unpaired) electrons. The Hall–Kier alpha value is -1.42. The van der Waals surface area contributed by atoms with Crippen LogP contribution in [0.2, 0.25) is 0 Å². The van der Waals surface area contributed by atoms with Gasteiger partial charge in [-0.25, -0.2) is 4.39 Å². The van der Waals surface area contributed by atoms with Gasteiger partial charge in [0.1, 0.15) is 5.82 Å². The van der Waals surface area contributed by atoms with E-state index in [-0.39, 0.29) is 18.8 Å². The molecule has 0 aliphatic carbocycles. The SMILES string of the molecule is CCCOC(=O)CCC(O)c1cccc(F)c1. The molecule has 0 aromatic heterocycles. The summed E-state index contributed by atoms with van der Waals surface area (Å²) in [6.45, 7) is 2.31. The molecule has 4 heteroatoms. The monoisotopic (exact) mass is 240 g/mol. The molecule has 1 aromatic rings. The maximum atomic E-state index is 12.9. The summed E-state index contributed by atoms with van der Waals surface area (Å²) in [6.07, 6.45) is 0.321. The average molecular weight is 240 g/mol. The van der Waals surface area contributed by atoms with Gasteiger partial charge < -0.3 is 9.84 Å². The van der Waals surface area contributed by atoms with E-state index in [1.54, 1.807) is 6.07 Å². The van der Waals surface area contributed by atoms with E-state index in [2.05, 4.69) is 0 Å². The van der Waals surface area contributed by atoms with Crippen molar-refractivity contribution < 1.29 is 19.0 Å². The topological polar surface area (TPSA) is 46.5 Å². The van der Waals surface area contributed by atoms with Gasteiger partial charge in [0.25, 0.3) is 0 Å². The molecular formula is C13H17FO3. The lowest BCUT2D eigenvalue weighted by Gasteiger charge is -2.10. The molecule has 17 heavy (non-hydrogen) atoms. The van der Waals surface area contributed by atoms with Crippen molar-refractivity contribution in [2.45, 2.75) is 32.3 Å². The Labute approximate surface area is 100 Å². The van der Waals surface area contributed by atoms with Crippen molar-refractivity contribution >= 4 is 5.97 Å². The third-order valence-corrected chi connectivity index (χ3v) is 2.32. The predicted octanol–water partition coefficient (Wildman–Crippen LogP) is 2.59. The van der Waals surface area contributed by atoms with E-state index < -0.39 is 11.9 Å². The molecule has 0 amide bonds. The van der Waals surface area contributed by atoms with E-state index in [1.165, 1.54) is 18.2 Å². The first kappa shape index (κ1) is 13.6. The molecule has 0 aliphatic rings. The van der Waals surface area contributed by atoms with Gasteiger partial charge in [0, 0.05) is 6.42 Å². The van der Waals surface area contributed by atoms with Crippen molar-refractivity contribution in [2.75, 3.05) is 6.61 Å². The van der Waals surface area contributed by atoms with Crippen molar-refractivity contribution in [2.24, 2.45) is 0 Å². The number of esters is 1. The van der Waals surface area contributed by atoms with Gasteiger partial charge in [-0.15, -0.1) is 0 Å². The summed E-state index contributed by atoms with van der Waals surface area (Å²) in [5.74, 6) is -0.725. The number of hydrogen-bond acceptors (Lipinski definition) is 3. The normalized spacial score (nSPS) is 12.2. The second kappa shape index (κ2) is 7.01. The van der Waals surface area contributed by atoms with Gasteiger partial charge in [-0.05, 0) is 30.5 Å². The van der Waals surface area contributed by atoms with Crippen molar-refractivity contribution in [1.29, 1.82) is 0 Å². The van der Waals surface area contributed by atoms with Crippen LogP contribution in [0.25, 0.3) is 0 Å². The van der Waals surface area contributed by atoms with E-state index in [0.29, 0.717) is 12.2 Å². The summed E-state index contributed by atoms with van der Waals surface area (Å²) >= 11 is 0. The Morgan fingerprint density at radius 2 is 2.29 bits per heavy atom. The Kier molecular flexibility index (Phi) is 5.63. The maximum absolute atomic E-state index is 12.9. The summed E-state index contributed by atoms with van der Waals surface area (Å²) in [7, 11) is 0. The molecule has 0 spiro atoms. The number of hydrogen-bond donors (Lipinski definition) is 1. The quantitative estimate of drug-likeness (QED) is 0.777. The van der Waals surface area contributed by atoms with E-state index in [4.69, 9.17) is 4.74 Å². The fourth-order valence-corrected chi connectivity index (χ4v) is 1.42. The van der Waals surface area contributed by atoms with Crippen LogP contribution in [0.1, 0.15) is 37.9 Å². The number of aliphatic hydroxyl groups is 1. The smallest absolute Gasteiger partial charge is 0.305 e. The zero-order valence-corrected chi connectivity index (χ0v) is 9.86. The van der Waals surface area contributed by atoms with Gasteiger partial charge in [0.15, 0.2) is 0 Å². The number of aliphatic hydroxyl groups excluding tert-OH is 1. The highest BCUT2D eigenvalue weighted by atomic mass is 19.1. The minimum atomic E-state index is -0.833. The second-order valence-electron chi connectivity index (χ2n) is 3.83. The Morgan fingerprint density at radius 3 is 2.94 bits per heavy atom. The highest BCUT2D eigenvalue weighted by Crippen LogP contribution is 2.19. The molecule has 3 nitrogen and oxygen atoms in total. The second-order valence-corrected chi connectivity index (χ2v) is 3.83. The number of rotatable bonds is 6. The molecule has 1 N–H and O–H groups in total. The first-order valence-corrected chi connectivity index (χ1v) is 5.72. The number of benzene rings is 1. The molecule has 1 aromatic carbocycles. The lowest BCUT2D eigenvalue weighted by Crippen LogP contribution is -2.08. The molecule has 0 saturated carbocycles. The summed E-state index contributed by atoms with van der Waals surface area (Å²) in [4.78, 5) is 11.2. The Balaban J connectivity index is 2.39. The van der Waals surface area contributed by atoms with Crippen LogP contribution in [0.15, 0.2) is 24.3 Å². The summed E-state index contributed by atoms with van der Waals surface area (Å²) in [5.41, 5.74) is 0.480. The minimum absolute atomic E-state index is 0.137. The van der Waals surface area contributed by atoms with Crippen molar-refractivity contribution in [1.82, 2.24) is 0 Å². The van der Waals surface area contributed by atoms with Crippen molar-refractivity contribution in [3.8, 4) is 0 Å². The lowest BCUT2D eigenvalue weighted by atomic mass is 10.1. The third kappa shape index (κ3) is 4.95. The van der Waals surface area contributed by atoms with Gasteiger partial charge in [-0.3, -0.25) is 4.79 Å². The standard InChI is InChI=1S/C13H17FO3/c1-2-8-17-13(16)7-6-12(15)10-4-3-5-11(14)9-10/h3-5,9,12,15H,2,6-8H2,1H3. The number of carbonyl (C=O) groups excluding carboxylic acids is 1. The Bertz CT molecular complexity index is 365. The molecule has 0 bridgehead atoms. The highest BCUT2D eigenvalue weighted by Gasteiger charge is 2.11. The Morgan fingerprint density at radius 1 is 1.53 bits per heavy atom. The number of carbonyl (C=O) groups is 1. The largest absolute Gasteiger partial charge is 0.466 e. The molecule has 0 fully saturated rings. The van der Waals surface area contributed by atoms with Crippen LogP contribution in [0, 0.1) is 5.82 Å². The zero-order chi connectivity index (χ0) is 12.7. The van der Waals surface area contributed by atoms with E-state index in [9.17, 15) is 14.3 Å². The van der Waals surface area contributed by atoms with Gasteiger partial charge in [0.05, 0.1) is 12.7 Å². The number of halogens is 1. The fourth-order valence-electron chi connectivity index (χ4n) is 1.42. The highest BCUT2D eigenvalue weighted by molar-refractivity contribution is 5.69. The van der Waals surface area contributed by atoms with E-state index >= 15 is 0 Å². The van der Waals surface area contributed by atoms with Gasteiger partial charge in [-0.1, -0.05) is 19.1 Å². The van der Waals surface area contributed by atoms with E-state index in [1.807, 2.05) is 6.92 Å². The molecule has 1 unspecified atom stereocenters. The van der Waals surface area contributed by atoms with Crippen LogP contribution in [-0.4, -0.2) is 17.7 Å². The number of ether oxygens (including phenoxy) is 1. The van der Waals surface area contributed by atoms with E-state index in [0.717, 1.165) is 6.42 Å². The first-order chi connectivity index (χ1) is 8.13. The van der Waals surface area contributed by atoms with Gasteiger partial charge in [-0.2, -0.15) is 0 Å². The van der Waals surface area contributed by atoms with Gasteiger partial charge in [0.2, 0.25) is 0 Å². The molecule has 1 atom stereocenters. The third-order valence-electron chi connectivity index (χ3n) is 2.32. The fraction of sp³-hybridized carbons (Fsp3) is 0.462. The summed E-state index contributed by atoms with van der Waals surface area (Å²) in [6, 6.07) is 5.74. The van der Waals surface area contributed by atoms with Crippen LogP contribution in [0.5, 0.6) is 0 Å². The predicted molar refractivity (Wildman–Crippen MR) is 61.8 cm³/mol. The summed E-state index contributed by atoms with van der Waals surface area (Å²) in [5, 5.41) is 9.74. The van der Waals surface area contributed by atoms with Crippen molar-refractivity contribution in [3.63, 3.8) is 0 Å². The minimum Gasteiger partial charge on any atom is -0.466 e.